The lowest BCUT2D eigenvalue weighted by Crippen LogP contribution is -2.26. The Labute approximate surface area is 189 Å². The van der Waals surface area contributed by atoms with Crippen molar-refractivity contribution < 1.29 is 22.3 Å². The average Bonchev–Trinajstić information content (AvgIpc) is 2.74. The highest BCUT2D eigenvalue weighted by molar-refractivity contribution is 7.92. The summed E-state index contributed by atoms with van der Waals surface area (Å²) in [4.78, 5) is 12.1. The molecule has 0 radical (unpaired) electrons. The molecule has 0 saturated heterocycles. The van der Waals surface area contributed by atoms with E-state index in [0.717, 1.165) is 10.4 Å². The van der Waals surface area contributed by atoms with Crippen molar-refractivity contribution in [2.75, 3.05) is 23.3 Å². The fourth-order valence-corrected chi connectivity index (χ4v) is 4.12. The van der Waals surface area contributed by atoms with Gasteiger partial charge in [0.2, 0.25) is 0 Å². The quantitative estimate of drug-likeness (QED) is 0.515. The number of rotatable bonds is 7. The van der Waals surface area contributed by atoms with Gasteiger partial charge < -0.3 is 10.1 Å². The summed E-state index contributed by atoms with van der Waals surface area (Å²) in [7, 11) is -2.33. The van der Waals surface area contributed by atoms with Crippen LogP contribution in [0.5, 0.6) is 5.75 Å². The van der Waals surface area contributed by atoms with Crippen LogP contribution in [0.15, 0.2) is 71.6 Å². The molecular formula is C21H17Cl2FN2O4S. The SMILES string of the molecule is CN(c1ccc(OCC(=O)Nc2ccc(F)cc2Cl)cc1)S(=O)(=O)c1ccc(Cl)cc1. The zero-order chi connectivity index (χ0) is 22.6. The van der Waals surface area contributed by atoms with Crippen LogP contribution in [-0.2, 0) is 14.8 Å². The van der Waals surface area contributed by atoms with Crippen molar-refractivity contribution in [3.8, 4) is 5.75 Å². The summed E-state index contributed by atoms with van der Waals surface area (Å²) in [5.41, 5.74) is 0.672. The highest BCUT2D eigenvalue weighted by atomic mass is 35.5. The van der Waals surface area contributed by atoms with Crippen molar-refractivity contribution in [3.05, 3.63) is 82.6 Å². The largest absolute Gasteiger partial charge is 0.484 e. The number of hydrogen-bond acceptors (Lipinski definition) is 4. The fourth-order valence-electron chi connectivity index (χ4n) is 2.58. The summed E-state index contributed by atoms with van der Waals surface area (Å²) in [6.45, 7) is -0.314. The molecule has 162 valence electrons. The normalized spacial score (nSPS) is 11.1. The molecule has 0 aliphatic carbocycles. The molecule has 0 aromatic heterocycles. The molecule has 0 saturated carbocycles. The third-order valence-corrected chi connectivity index (χ3v) is 6.61. The van der Waals surface area contributed by atoms with Crippen LogP contribution < -0.4 is 14.4 Å². The topological polar surface area (TPSA) is 75.7 Å². The molecule has 6 nitrogen and oxygen atoms in total. The second-order valence-corrected chi connectivity index (χ2v) is 9.19. The van der Waals surface area contributed by atoms with E-state index in [1.165, 1.54) is 43.4 Å². The number of nitrogens with one attached hydrogen (secondary N) is 1. The number of halogens is 3. The smallest absolute Gasteiger partial charge is 0.264 e. The van der Waals surface area contributed by atoms with Crippen LogP contribution >= 0.6 is 23.2 Å². The van der Waals surface area contributed by atoms with E-state index in [0.29, 0.717) is 16.5 Å². The Morgan fingerprint density at radius 3 is 2.29 bits per heavy atom. The predicted octanol–water partition coefficient (Wildman–Crippen LogP) is 4.98. The van der Waals surface area contributed by atoms with Gasteiger partial charge in [0, 0.05) is 12.1 Å². The number of sulfonamides is 1. The molecule has 0 aliphatic rings. The maximum absolute atomic E-state index is 13.1. The predicted molar refractivity (Wildman–Crippen MR) is 119 cm³/mol. The van der Waals surface area contributed by atoms with Crippen LogP contribution in [0, 0.1) is 5.82 Å². The highest BCUT2D eigenvalue weighted by Gasteiger charge is 2.21. The van der Waals surface area contributed by atoms with Crippen molar-refractivity contribution >= 4 is 50.5 Å². The molecule has 10 heteroatoms. The number of ether oxygens (including phenoxy) is 1. The molecule has 0 atom stereocenters. The number of carbonyl (C=O) groups excluding carboxylic acids is 1. The van der Waals surface area contributed by atoms with E-state index in [2.05, 4.69) is 5.32 Å². The Morgan fingerprint density at radius 2 is 1.68 bits per heavy atom. The number of benzene rings is 3. The van der Waals surface area contributed by atoms with Gasteiger partial charge in [0.25, 0.3) is 15.9 Å². The zero-order valence-corrected chi connectivity index (χ0v) is 18.5. The van der Waals surface area contributed by atoms with Gasteiger partial charge in [0.15, 0.2) is 6.61 Å². The van der Waals surface area contributed by atoms with Gasteiger partial charge in [-0.25, -0.2) is 12.8 Å². The Morgan fingerprint density at radius 1 is 1.03 bits per heavy atom. The van der Waals surface area contributed by atoms with Crippen molar-refractivity contribution in [2.45, 2.75) is 4.90 Å². The first kappa shape index (κ1) is 22.9. The van der Waals surface area contributed by atoms with Crippen LogP contribution in [0.3, 0.4) is 0 Å². The van der Waals surface area contributed by atoms with Gasteiger partial charge >= 0.3 is 0 Å². The first-order valence-corrected chi connectivity index (χ1v) is 11.1. The van der Waals surface area contributed by atoms with Gasteiger partial charge in [0.05, 0.1) is 21.3 Å². The van der Waals surface area contributed by atoms with Crippen LogP contribution in [0.1, 0.15) is 0 Å². The lowest BCUT2D eigenvalue weighted by Gasteiger charge is -2.20. The molecule has 0 bridgehead atoms. The van der Waals surface area contributed by atoms with Gasteiger partial charge in [-0.3, -0.25) is 9.10 Å². The van der Waals surface area contributed by atoms with Gasteiger partial charge in [0.1, 0.15) is 11.6 Å². The van der Waals surface area contributed by atoms with Crippen molar-refractivity contribution in [2.24, 2.45) is 0 Å². The minimum absolute atomic E-state index is 0.0719. The number of hydrogen-bond donors (Lipinski definition) is 1. The standard InChI is InChI=1S/C21H17Cl2FN2O4S/c1-26(31(28,29)18-9-2-14(22)3-10-18)16-5-7-17(8-6-16)30-13-21(27)25-20-11-4-15(24)12-19(20)23/h2-12H,13H2,1H3,(H,25,27). The Hall–Kier alpha value is -2.81. The van der Waals surface area contributed by atoms with Crippen LogP contribution in [0.2, 0.25) is 10.0 Å². The maximum atomic E-state index is 13.1. The van der Waals surface area contributed by atoms with E-state index >= 15 is 0 Å². The third kappa shape index (κ3) is 5.66. The first-order chi connectivity index (χ1) is 14.7. The van der Waals surface area contributed by atoms with Crippen LogP contribution in [0.25, 0.3) is 0 Å². The van der Waals surface area contributed by atoms with Gasteiger partial charge in [-0.1, -0.05) is 23.2 Å². The Kier molecular flexibility index (Phi) is 7.04. The van der Waals surface area contributed by atoms with Gasteiger partial charge in [-0.05, 0) is 66.7 Å². The van der Waals surface area contributed by atoms with Gasteiger partial charge in [-0.15, -0.1) is 0 Å². The summed E-state index contributed by atoms with van der Waals surface area (Å²) < 4.78 is 45.1. The lowest BCUT2D eigenvalue weighted by atomic mass is 10.3. The van der Waals surface area contributed by atoms with E-state index in [1.807, 2.05) is 0 Å². The molecule has 1 N–H and O–H groups in total. The van der Waals surface area contributed by atoms with E-state index in [9.17, 15) is 17.6 Å². The fraction of sp³-hybridized carbons (Fsp3) is 0.0952. The molecule has 3 aromatic carbocycles. The summed E-state index contributed by atoms with van der Waals surface area (Å²) >= 11 is 11.7. The van der Waals surface area contributed by atoms with Gasteiger partial charge in [-0.2, -0.15) is 0 Å². The molecule has 1 amide bonds. The molecule has 0 heterocycles. The highest BCUT2D eigenvalue weighted by Crippen LogP contribution is 2.25. The molecule has 0 spiro atoms. The molecule has 0 fully saturated rings. The number of carbonyl (C=O) groups is 1. The second kappa shape index (κ2) is 9.55. The summed E-state index contributed by atoms with van der Waals surface area (Å²) in [6.07, 6.45) is 0. The second-order valence-electron chi connectivity index (χ2n) is 6.38. The molecule has 3 aromatic rings. The number of nitrogens with zero attached hydrogens (tertiary/aromatic N) is 1. The van der Waals surface area contributed by atoms with Crippen LogP contribution in [-0.4, -0.2) is 28.0 Å². The first-order valence-electron chi connectivity index (χ1n) is 8.89. The minimum atomic E-state index is -3.76. The lowest BCUT2D eigenvalue weighted by molar-refractivity contribution is -0.118. The molecule has 0 unspecified atom stereocenters. The molecule has 31 heavy (non-hydrogen) atoms. The molecule has 3 rings (SSSR count). The average molecular weight is 483 g/mol. The summed E-state index contributed by atoms with van der Waals surface area (Å²) in [6, 6.07) is 15.7. The molecular weight excluding hydrogens is 466 g/mol. The summed E-state index contributed by atoms with van der Waals surface area (Å²) in [5.74, 6) is -0.635. The number of amides is 1. The summed E-state index contributed by atoms with van der Waals surface area (Å²) in [5, 5.41) is 3.03. The van der Waals surface area contributed by atoms with E-state index in [4.69, 9.17) is 27.9 Å². The van der Waals surface area contributed by atoms with Crippen molar-refractivity contribution in [1.29, 1.82) is 0 Å². The van der Waals surface area contributed by atoms with E-state index in [-0.39, 0.29) is 22.2 Å². The minimum Gasteiger partial charge on any atom is -0.484 e. The monoisotopic (exact) mass is 482 g/mol. The van der Waals surface area contributed by atoms with Crippen LogP contribution in [0.4, 0.5) is 15.8 Å². The Bertz CT molecular complexity index is 1190. The maximum Gasteiger partial charge on any atom is 0.264 e. The Balaban J connectivity index is 1.62. The van der Waals surface area contributed by atoms with Crippen molar-refractivity contribution in [3.63, 3.8) is 0 Å². The number of anilines is 2. The van der Waals surface area contributed by atoms with E-state index < -0.39 is 21.7 Å². The van der Waals surface area contributed by atoms with E-state index in [1.54, 1.807) is 24.3 Å². The zero-order valence-electron chi connectivity index (χ0n) is 16.2. The van der Waals surface area contributed by atoms with Crippen molar-refractivity contribution in [1.82, 2.24) is 0 Å². The molecule has 0 aliphatic heterocycles. The third-order valence-electron chi connectivity index (χ3n) is 4.25.